The van der Waals surface area contributed by atoms with E-state index in [1.54, 1.807) is 30.3 Å². The van der Waals surface area contributed by atoms with E-state index in [0.717, 1.165) is 17.7 Å². The van der Waals surface area contributed by atoms with Crippen molar-refractivity contribution in [2.24, 2.45) is 0 Å². The van der Waals surface area contributed by atoms with Crippen molar-refractivity contribution in [2.75, 3.05) is 11.9 Å². The van der Waals surface area contributed by atoms with E-state index in [2.05, 4.69) is 21.3 Å². The fourth-order valence-corrected chi connectivity index (χ4v) is 3.09. The molecule has 3 amide bonds. The summed E-state index contributed by atoms with van der Waals surface area (Å²) < 4.78 is 14.7. The van der Waals surface area contributed by atoms with Crippen molar-refractivity contribution in [3.63, 3.8) is 0 Å². The van der Waals surface area contributed by atoms with Crippen molar-refractivity contribution in [3.05, 3.63) is 64.5 Å². The molecule has 2 aromatic rings. The van der Waals surface area contributed by atoms with Crippen LogP contribution in [0.15, 0.2) is 36.4 Å². The molecule has 6 nitrogen and oxygen atoms in total. The first-order valence-corrected chi connectivity index (χ1v) is 9.39. The normalized spacial score (nSPS) is 13.0. The van der Waals surface area contributed by atoms with Crippen molar-refractivity contribution >= 4 is 17.6 Å². The lowest BCUT2D eigenvalue weighted by Gasteiger charge is -2.19. The van der Waals surface area contributed by atoms with E-state index < -0.39 is 0 Å². The monoisotopic (exact) mass is 384 g/mol. The molecule has 0 saturated carbocycles. The number of amides is 3. The van der Waals surface area contributed by atoms with E-state index in [4.69, 9.17) is 0 Å². The van der Waals surface area contributed by atoms with Crippen molar-refractivity contribution in [1.29, 1.82) is 0 Å². The van der Waals surface area contributed by atoms with Crippen LogP contribution in [0.25, 0.3) is 0 Å². The Morgan fingerprint density at radius 3 is 2.61 bits per heavy atom. The summed E-state index contributed by atoms with van der Waals surface area (Å²) in [6.45, 7) is 5.50. The number of halogens is 1. The highest BCUT2D eigenvalue weighted by molar-refractivity contribution is 6.04. The summed E-state index contributed by atoms with van der Waals surface area (Å²) in [6, 6.07) is 10.1. The van der Waals surface area contributed by atoms with Gasteiger partial charge in [0.1, 0.15) is 5.82 Å². The first-order chi connectivity index (χ1) is 13.4. The van der Waals surface area contributed by atoms with Gasteiger partial charge in [0.25, 0.3) is 5.91 Å². The highest BCUT2D eigenvalue weighted by Crippen LogP contribution is 2.25. The molecule has 7 heteroatoms. The van der Waals surface area contributed by atoms with Gasteiger partial charge in [0, 0.05) is 24.7 Å². The molecule has 0 saturated heterocycles. The van der Waals surface area contributed by atoms with Gasteiger partial charge in [0.2, 0.25) is 0 Å². The smallest absolute Gasteiger partial charge is 0.315 e. The van der Waals surface area contributed by atoms with Gasteiger partial charge in [-0.1, -0.05) is 18.2 Å². The van der Waals surface area contributed by atoms with Crippen molar-refractivity contribution < 1.29 is 14.0 Å². The lowest BCUT2D eigenvalue weighted by molar-refractivity contribution is 0.102. The topological polar surface area (TPSA) is 82.3 Å². The lowest BCUT2D eigenvalue weighted by atomic mass is 9.99. The minimum absolute atomic E-state index is 0.0614. The van der Waals surface area contributed by atoms with Crippen LogP contribution < -0.4 is 21.3 Å². The number of rotatable bonds is 5. The molecule has 1 aliphatic heterocycles. The molecule has 0 fully saturated rings. The Bertz CT molecular complexity index is 865. The van der Waals surface area contributed by atoms with Gasteiger partial charge in [-0.15, -0.1) is 0 Å². The molecule has 0 radical (unpaired) electrons. The largest absolute Gasteiger partial charge is 0.336 e. The number of urea groups is 1. The molecular weight excluding hydrogens is 359 g/mol. The van der Waals surface area contributed by atoms with Gasteiger partial charge in [-0.05, 0) is 61.7 Å². The second-order valence-corrected chi connectivity index (χ2v) is 7.12. The Kier molecular flexibility index (Phi) is 6.26. The zero-order valence-corrected chi connectivity index (χ0v) is 16.1. The van der Waals surface area contributed by atoms with Crippen LogP contribution >= 0.6 is 0 Å². The molecular formula is C21H25FN4O2. The van der Waals surface area contributed by atoms with Crippen LogP contribution in [0, 0.1) is 5.82 Å². The Morgan fingerprint density at radius 1 is 1.14 bits per heavy atom. The minimum Gasteiger partial charge on any atom is -0.336 e. The predicted octanol–water partition coefficient (Wildman–Crippen LogP) is 2.93. The maximum absolute atomic E-state index is 14.7. The number of anilines is 1. The highest BCUT2D eigenvalue weighted by Gasteiger charge is 2.18. The highest BCUT2D eigenvalue weighted by atomic mass is 19.1. The fourth-order valence-electron chi connectivity index (χ4n) is 3.09. The summed E-state index contributed by atoms with van der Waals surface area (Å²) in [7, 11) is 0. The zero-order chi connectivity index (χ0) is 20.1. The van der Waals surface area contributed by atoms with Gasteiger partial charge in [-0.2, -0.15) is 0 Å². The SMILES string of the molecule is CC(C)NC(=O)NCc1ccc(C(=O)Nc2ccc3c(c2F)CCNC3)cc1. The summed E-state index contributed by atoms with van der Waals surface area (Å²) in [5.74, 6) is -0.728. The fraction of sp³-hybridized carbons (Fsp3) is 0.333. The standard InChI is InChI=1S/C21H25FN4O2/c1-13(2)25-21(28)24-11-14-3-5-15(6-4-14)20(27)26-18-8-7-16-12-23-10-9-17(16)19(18)22/h3-8,13,23H,9-12H2,1-2H3,(H,26,27)(H2,24,25,28). The molecule has 0 bridgehead atoms. The van der Waals surface area contributed by atoms with Crippen LogP contribution in [0.1, 0.15) is 40.9 Å². The number of hydrogen-bond donors (Lipinski definition) is 4. The van der Waals surface area contributed by atoms with Crippen molar-refractivity contribution in [1.82, 2.24) is 16.0 Å². The van der Waals surface area contributed by atoms with Crippen LogP contribution in [0.2, 0.25) is 0 Å². The van der Waals surface area contributed by atoms with Gasteiger partial charge in [-0.25, -0.2) is 9.18 Å². The first kappa shape index (κ1) is 19.8. The molecule has 28 heavy (non-hydrogen) atoms. The quantitative estimate of drug-likeness (QED) is 0.640. The van der Waals surface area contributed by atoms with E-state index in [-0.39, 0.29) is 29.5 Å². The number of fused-ring (bicyclic) bond motifs is 1. The maximum atomic E-state index is 14.7. The third kappa shape index (κ3) is 4.86. The molecule has 148 valence electrons. The third-order valence-corrected chi connectivity index (χ3v) is 4.54. The van der Waals surface area contributed by atoms with E-state index in [1.165, 1.54) is 0 Å². The summed E-state index contributed by atoms with van der Waals surface area (Å²) in [5.41, 5.74) is 3.08. The Labute approximate surface area is 163 Å². The molecule has 0 aliphatic carbocycles. The van der Waals surface area contributed by atoms with Crippen LogP contribution in [-0.2, 0) is 19.5 Å². The van der Waals surface area contributed by atoms with Crippen LogP contribution in [-0.4, -0.2) is 24.5 Å². The van der Waals surface area contributed by atoms with Crippen LogP contribution in [0.4, 0.5) is 14.9 Å². The van der Waals surface area contributed by atoms with E-state index in [9.17, 15) is 14.0 Å². The second kappa shape index (κ2) is 8.84. The molecule has 0 aromatic heterocycles. The zero-order valence-electron chi connectivity index (χ0n) is 16.1. The Morgan fingerprint density at radius 2 is 1.89 bits per heavy atom. The molecule has 1 aliphatic rings. The maximum Gasteiger partial charge on any atom is 0.315 e. The average molecular weight is 384 g/mol. The number of benzene rings is 2. The Hall–Kier alpha value is -2.93. The minimum atomic E-state index is -0.371. The number of carbonyl (C=O) groups excluding carboxylic acids is 2. The number of carbonyl (C=O) groups is 2. The molecule has 4 N–H and O–H groups in total. The number of hydrogen-bond acceptors (Lipinski definition) is 3. The lowest BCUT2D eigenvalue weighted by Crippen LogP contribution is -2.39. The summed E-state index contributed by atoms with van der Waals surface area (Å²) in [5, 5.41) is 11.3. The molecule has 0 spiro atoms. The predicted molar refractivity (Wildman–Crippen MR) is 107 cm³/mol. The summed E-state index contributed by atoms with van der Waals surface area (Å²) >= 11 is 0. The molecule has 0 unspecified atom stereocenters. The van der Waals surface area contributed by atoms with E-state index in [1.807, 2.05) is 19.9 Å². The Balaban J connectivity index is 1.61. The summed E-state index contributed by atoms with van der Waals surface area (Å²) in [4.78, 5) is 24.1. The molecule has 2 aromatic carbocycles. The molecule has 0 atom stereocenters. The molecule has 3 rings (SSSR count). The summed E-state index contributed by atoms with van der Waals surface area (Å²) in [6.07, 6.45) is 0.608. The van der Waals surface area contributed by atoms with E-state index >= 15 is 0 Å². The number of nitrogens with one attached hydrogen (secondary N) is 4. The average Bonchev–Trinajstić information content (AvgIpc) is 2.68. The van der Waals surface area contributed by atoms with Crippen LogP contribution in [0.5, 0.6) is 0 Å². The van der Waals surface area contributed by atoms with E-state index in [0.29, 0.717) is 30.6 Å². The first-order valence-electron chi connectivity index (χ1n) is 9.39. The van der Waals surface area contributed by atoms with Crippen molar-refractivity contribution in [3.8, 4) is 0 Å². The molecule has 1 heterocycles. The van der Waals surface area contributed by atoms with Gasteiger partial charge in [-0.3, -0.25) is 4.79 Å². The van der Waals surface area contributed by atoms with Gasteiger partial charge in [0.05, 0.1) is 5.69 Å². The van der Waals surface area contributed by atoms with Gasteiger partial charge < -0.3 is 21.3 Å². The second-order valence-electron chi connectivity index (χ2n) is 7.12. The van der Waals surface area contributed by atoms with Gasteiger partial charge in [0.15, 0.2) is 0 Å². The van der Waals surface area contributed by atoms with Crippen molar-refractivity contribution in [2.45, 2.75) is 39.4 Å². The van der Waals surface area contributed by atoms with Gasteiger partial charge >= 0.3 is 6.03 Å². The third-order valence-electron chi connectivity index (χ3n) is 4.54. The van der Waals surface area contributed by atoms with Crippen LogP contribution in [0.3, 0.4) is 0 Å².